The first-order valence-corrected chi connectivity index (χ1v) is 9.33. The lowest BCUT2D eigenvalue weighted by molar-refractivity contribution is -0.142. The zero-order valence-electron chi connectivity index (χ0n) is 14.8. The molecule has 0 aliphatic rings. The van der Waals surface area contributed by atoms with Gasteiger partial charge in [0, 0.05) is 5.69 Å². The van der Waals surface area contributed by atoms with Crippen LogP contribution in [-0.2, 0) is 14.3 Å². The van der Waals surface area contributed by atoms with Crippen LogP contribution in [0.25, 0.3) is 6.08 Å². The fraction of sp³-hybridized carbons (Fsp3) is 0.105. The normalized spacial score (nSPS) is 10.8. The number of nitrogens with zero attached hydrogens (tertiary/aromatic N) is 1. The van der Waals surface area contributed by atoms with Gasteiger partial charge in [0.25, 0.3) is 5.91 Å². The van der Waals surface area contributed by atoms with Gasteiger partial charge in [0.2, 0.25) is 0 Å². The third-order valence-electron chi connectivity index (χ3n) is 3.44. The van der Waals surface area contributed by atoms with E-state index >= 15 is 0 Å². The molecule has 0 atom stereocenters. The van der Waals surface area contributed by atoms with Crippen molar-refractivity contribution in [2.24, 2.45) is 0 Å². The smallest absolute Gasteiger partial charge is 0.343 e. The first-order valence-electron chi connectivity index (χ1n) is 7.82. The lowest BCUT2D eigenvalue weighted by Gasteiger charge is -2.10. The van der Waals surface area contributed by atoms with Gasteiger partial charge in [0.1, 0.15) is 11.6 Å². The first kappa shape index (κ1) is 22.9. The van der Waals surface area contributed by atoms with Gasteiger partial charge in [-0.05, 0) is 42.0 Å². The molecule has 0 aliphatic carbocycles. The van der Waals surface area contributed by atoms with E-state index in [9.17, 15) is 14.9 Å². The summed E-state index contributed by atoms with van der Waals surface area (Å²) >= 11 is 24.0. The Morgan fingerprint density at radius 2 is 1.72 bits per heavy atom. The number of carbonyl (C=O) groups is 2. The number of hydrogen-bond donors (Lipinski definition) is 1. The minimum atomic E-state index is -0.663. The predicted octanol–water partition coefficient (Wildman–Crippen LogP) is 5.40. The lowest BCUT2D eigenvalue weighted by Crippen LogP contribution is -2.13. The fourth-order valence-corrected chi connectivity index (χ4v) is 2.99. The average molecular weight is 474 g/mol. The van der Waals surface area contributed by atoms with E-state index in [-0.39, 0.29) is 33.0 Å². The van der Waals surface area contributed by atoms with E-state index in [1.165, 1.54) is 37.5 Å². The Morgan fingerprint density at radius 3 is 2.28 bits per heavy atom. The molecule has 29 heavy (non-hydrogen) atoms. The summed E-state index contributed by atoms with van der Waals surface area (Å²) in [7, 11) is 1.22. The number of amides is 1. The highest BCUT2D eigenvalue weighted by Gasteiger charge is 2.14. The highest BCUT2D eigenvalue weighted by Crippen LogP contribution is 2.35. The van der Waals surface area contributed by atoms with Crippen molar-refractivity contribution in [3.8, 4) is 11.8 Å². The monoisotopic (exact) mass is 472 g/mol. The Labute approximate surface area is 186 Å². The first-order chi connectivity index (χ1) is 13.7. The van der Waals surface area contributed by atoms with Gasteiger partial charge in [0.15, 0.2) is 12.4 Å². The summed E-state index contributed by atoms with van der Waals surface area (Å²) in [5.41, 5.74) is 0.547. The van der Waals surface area contributed by atoms with Gasteiger partial charge in [-0.25, -0.2) is 4.79 Å². The topological polar surface area (TPSA) is 88.4 Å². The number of anilines is 1. The number of rotatable bonds is 6. The lowest BCUT2D eigenvalue weighted by atomic mass is 10.1. The molecule has 2 rings (SSSR count). The van der Waals surface area contributed by atoms with Crippen LogP contribution in [0.1, 0.15) is 5.56 Å². The zero-order valence-corrected chi connectivity index (χ0v) is 17.8. The average Bonchev–Trinajstić information content (AvgIpc) is 2.67. The molecule has 1 N–H and O–H groups in total. The molecule has 0 fully saturated rings. The van der Waals surface area contributed by atoms with Crippen LogP contribution in [0.2, 0.25) is 20.1 Å². The van der Waals surface area contributed by atoms with Crippen LogP contribution in [0.3, 0.4) is 0 Å². The summed E-state index contributed by atoms with van der Waals surface area (Å²) in [6.07, 6.45) is 1.30. The molecule has 0 bridgehead atoms. The summed E-state index contributed by atoms with van der Waals surface area (Å²) in [6.45, 7) is -0.374. The predicted molar refractivity (Wildman–Crippen MR) is 113 cm³/mol. The number of methoxy groups -OCH3 is 1. The second-order valence-corrected chi connectivity index (χ2v) is 7.06. The molecule has 6 nitrogen and oxygen atoms in total. The minimum Gasteiger partial charge on any atom is -0.479 e. The minimum absolute atomic E-state index is 0.0784. The standard InChI is InChI=1S/C19H12Cl4N2O4/c1-28-17(26)9-29-18-15(22)5-10(6-16(18)23)4-11(8-24)19(27)25-12-2-3-13(20)14(21)7-12/h2-7H,9H2,1H3,(H,25,27)/b11-4+. The summed E-state index contributed by atoms with van der Waals surface area (Å²) in [5.74, 6) is -1.19. The number of hydrogen-bond acceptors (Lipinski definition) is 5. The zero-order chi connectivity index (χ0) is 21.6. The van der Waals surface area contributed by atoms with Crippen molar-refractivity contribution < 1.29 is 19.1 Å². The number of nitrogens with one attached hydrogen (secondary N) is 1. The molecule has 0 aromatic heterocycles. The SMILES string of the molecule is COC(=O)COc1c(Cl)cc(/C=C(\C#N)C(=O)Nc2ccc(Cl)c(Cl)c2)cc1Cl. The molecule has 1 amide bonds. The van der Waals surface area contributed by atoms with E-state index in [1.807, 2.05) is 6.07 Å². The van der Waals surface area contributed by atoms with Crippen LogP contribution in [0, 0.1) is 11.3 Å². The van der Waals surface area contributed by atoms with E-state index in [4.69, 9.17) is 51.1 Å². The number of halogens is 4. The molecule has 2 aromatic rings. The summed E-state index contributed by atoms with van der Waals surface area (Å²) in [6, 6.07) is 9.19. The van der Waals surface area contributed by atoms with Crippen molar-refractivity contribution >= 4 is 70.0 Å². The molecular weight excluding hydrogens is 462 g/mol. The Balaban J connectivity index is 2.23. The van der Waals surface area contributed by atoms with Crippen LogP contribution in [0.15, 0.2) is 35.9 Å². The third-order valence-corrected chi connectivity index (χ3v) is 4.74. The van der Waals surface area contributed by atoms with Crippen LogP contribution in [-0.4, -0.2) is 25.6 Å². The molecule has 2 aromatic carbocycles. The molecular formula is C19H12Cl4N2O4. The maximum Gasteiger partial charge on any atom is 0.343 e. The molecule has 10 heteroatoms. The number of esters is 1. The highest BCUT2D eigenvalue weighted by molar-refractivity contribution is 6.42. The largest absolute Gasteiger partial charge is 0.479 e. The van der Waals surface area contributed by atoms with E-state index in [0.29, 0.717) is 16.3 Å². The molecule has 0 saturated heterocycles. The van der Waals surface area contributed by atoms with Crippen molar-refractivity contribution in [3.05, 3.63) is 61.6 Å². The van der Waals surface area contributed by atoms with Gasteiger partial charge in [-0.1, -0.05) is 46.4 Å². The van der Waals surface area contributed by atoms with Crippen molar-refractivity contribution in [1.82, 2.24) is 0 Å². The summed E-state index contributed by atoms with van der Waals surface area (Å²) in [5, 5.41) is 12.7. The maximum absolute atomic E-state index is 12.4. The van der Waals surface area contributed by atoms with Crippen LogP contribution in [0.4, 0.5) is 5.69 Å². The molecule has 0 radical (unpaired) electrons. The van der Waals surface area contributed by atoms with Gasteiger partial charge in [0.05, 0.1) is 27.2 Å². The van der Waals surface area contributed by atoms with Crippen molar-refractivity contribution in [2.45, 2.75) is 0 Å². The van der Waals surface area contributed by atoms with Gasteiger partial charge >= 0.3 is 5.97 Å². The van der Waals surface area contributed by atoms with Crippen molar-refractivity contribution in [3.63, 3.8) is 0 Å². The Morgan fingerprint density at radius 1 is 1.07 bits per heavy atom. The van der Waals surface area contributed by atoms with Gasteiger partial charge in [-0.2, -0.15) is 5.26 Å². The van der Waals surface area contributed by atoms with Gasteiger partial charge in [-0.15, -0.1) is 0 Å². The summed E-state index contributed by atoms with van der Waals surface area (Å²) < 4.78 is 9.70. The van der Waals surface area contributed by atoms with Crippen molar-refractivity contribution in [1.29, 1.82) is 5.26 Å². The van der Waals surface area contributed by atoms with Gasteiger partial charge < -0.3 is 14.8 Å². The Bertz CT molecular complexity index is 1010. The third kappa shape index (κ3) is 6.28. The molecule has 0 spiro atoms. The summed E-state index contributed by atoms with van der Waals surface area (Å²) in [4.78, 5) is 23.6. The second kappa shape index (κ2) is 10.4. The van der Waals surface area contributed by atoms with Crippen molar-refractivity contribution in [2.75, 3.05) is 19.0 Å². The fourth-order valence-electron chi connectivity index (χ4n) is 2.08. The number of ether oxygens (including phenoxy) is 2. The molecule has 150 valence electrons. The molecule has 0 unspecified atom stereocenters. The highest BCUT2D eigenvalue weighted by atomic mass is 35.5. The van der Waals surface area contributed by atoms with E-state index in [0.717, 1.165) is 0 Å². The number of nitriles is 1. The number of benzene rings is 2. The maximum atomic E-state index is 12.4. The number of carbonyl (C=O) groups excluding carboxylic acids is 2. The van der Waals surface area contributed by atoms with Crippen LogP contribution in [0.5, 0.6) is 5.75 Å². The quantitative estimate of drug-likeness (QED) is 0.344. The second-order valence-electron chi connectivity index (χ2n) is 5.43. The van der Waals surface area contributed by atoms with Crippen LogP contribution < -0.4 is 10.1 Å². The van der Waals surface area contributed by atoms with Crippen LogP contribution >= 0.6 is 46.4 Å². The molecule has 0 saturated carbocycles. The van der Waals surface area contributed by atoms with E-state index < -0.39 is 11.9 Å². The Kier molecular flexibility index (Phi) is 8.18. The Hall–Kier alpha value is -2.43. The van der Waals surface area contributed by atoms with Gasteiger partial charge in [-0.3, -0.25) is 4.79 Å². The molecule has 0 aliphatic heterocycles. The van der Waals surface area contributed by atoms with E-state index in [1.54, 1.807) is 6.07 Å². The van der Waals surface area contributed by atoms with E-state index in [2.05, 4.69) is 10.1 Å². The molecule has 0 heterocycles.